The quantitative estimate of drug-likeness (QED) is 0.412. The Morgan fingerprint density at radius 3 is 2.08 bits per heavy atom. The lowest BCUT2D eigenvalue weighted by Gasteiger charge is -2.17. The smallest absolute Gasteiger partial charge is 0.445 e. The second-order valence-corrected chi connectivity index (χ2v) is 2.47. The van der Waals surface area contributed by atoms with E-state index in [1.54, 1.807) is 0 Å². The SMILES string of the molecule is Nc1c(F)cc(F)cc1[B-](F)(F)F. The molecule has 0 radical (unpaired) electrons. The van der Waals surface area contributed by atoms with E-state index in [1.165, 1.54) is 0 Å². The minimum atomic E-state index is -5.47. The van der Waals surface area contributed by atoms with E-state index in [-0.39, 0.29) is 6.07 Å². The monoisotopic (exact) mass is 196 g/mol. The molecule has 1 nitrogen and oxygen atoms in total. The zero-order chi connectivity index (χ0) is 10.2. The molecule has 1 rings (SSSR count). The number of halogens is 5. The Morgan fingerprint density at radius 1 is 1.08 bits per heavy atom. The van der Waals surface area contributed by atoms with Crippen LogP contribution in [-0.4, -0.2) is 6.98 Å². The summed E-state index contributed by atoms with van der Waals surface area (Å²) in [4.78, 5) is 0. The Morgan fingerprint density at radius 2 is 1.62 bits per heavy atom. The second kappa shape index (κ2) is 2.90. The molecular weight excluding hydrogens is 192 g/mol. The number of hydrogen-bond acceptors (Lipinski definition) is 1. The first-order chi connectivity index (χ1) is 5.82. The highest BCUT2D eigenvalue weighted by molar-refractivity contribution is 6.75. The maximum atomic E-state index is 12.5. The molecule has 0 aliphatic carbocycles. The third kappa shape index (κ3) is 1.91. The summed E-state index contributed by atoms with van der Waals surface area (Å²) in [5.74, 6) is -2.69. The van der Waals surface area contributed by atoms with E-state index in [1.807, 2.05) is 0 Å². The van der Waals surface area contributed by atoms with Crippen molar-refractivity contribution in [2.75, 3.05) is 5.73 Å². The van der Waals surface area contributed by atoms with Crippen LogP contribution in [0.5, 0.6) is 0 Å². The molecule has 0 saturated heterocycles. The van der Waals surface area contributed by atoms with Gasteiger partial charge in [-0.05, 0) is 0 Å². The molecule has 0 fully saturated rings. The summed E-state index contributed by atoms with van der Waals surface area (Å²) in [6.45, 7) is -5.47. The Hall–Kier alpha value is -1.27. The van der Waals surface area contributed by atoms with Crippen LogP contribution in [0.2, 0.25) is 0 Å². The first-order valence-electron chi connectivity index (χ1n) is 3.26. The molecule has 0 bridgehead atoms. The van der Waals surface area contributed by atoms with Gasteiger partial charge in [-0.25, -0.2) is 8.78 Å². The van der Waals surface area contributed by atoms with Crippen LogP contribution in [0.15, 0.2) is 12.1 Å². The molecule has 0 unspecified atom stereocenters. The highest BCUT2D eigenvalue weighted by Gasteiger charge is 2.29. The van der Waals surface area contributed by atoms with Gasteiger partial charge in [-0.1, -0.05) is 11.5 Å². The number of anilines is 1. The van der Waals surface area contributed by atoms with Gasteiger partial charge in [0.2, 0.25) is 0 Å². The molecule has 72 valence electrons. The fourth-order valence-electron chi connectivity index (χ4n) is 0.875. The van der Waals surface area contributed by atoms with Crippen LogP contribution in [0, 0.1) is 11.6 Å². The lowest BCUT2D eigenvalue weighted by Crippen LogP contribution is -2.37. The largest absolute Gasteiger partial charge is 0.511 e. The summed E-state index contributed by atoms with van der Waals surface area (Å²) in [7, 11) is 0. The molecule has 0 saturated carbocycles. The number of nitrogens with two attached hydrogens (primary N) is 1. The molecule has 0 aliphatic heterocycles. The van der Waals surface area contributed by atoms with Crippen molar-refractivity contribution in [2.45, 2.75) is 0 Å². The molecular formula is C6H4BF5N-. The van der Waals surface area contributed by atoms with Gasteiger partial charge in [-0.3, -0.25) is 0 Å². The topological polar surface area (TPSA) is 26.0 Å². The van der Waals surface area contributed by atoms with E-state index in [4.69, 9.17) is 5.73 Å². The summed E-state index contributed by atoms with van der Waals surface area (Å²) in [6.07, 6.45) is 0. The summed E-state index contributed by atoms with van der Waals surface area (Å²) in [5.41, 5.74) is 2.30. The standard InChI is InChI=1S/C6H4BF5N/c8-3-1-4(7(10,11)12)6(13)5(9)2-3/h1-2H,13H2/q-1. The second-order valence-electron chi connectivity index (χ2n) is 2.47. The van der Waals surface area contributed by atoms with Gasteiger partial charge in [0.15, 0.2) is 0 Å². The van der Waals surface area contributed by atoms with Crippen molar-refractivity contribution in [3.05, 3.63) is 23.8 Å². The molecule has 13 heavy (non-hydrogen) atoms. The molecule has 2 N–H and O–H groups in total. The number of benzene rings is 1. The van der Waals surface area contributed by atoms with Crippen LogP contribution in [0.4, 0.5) is 27.4 Å². The minimum absolute atomic E-state index is 0.179. The number of nitrogen functional groups attached to an aromatic ring is 1. The Labute approximate surface area is 70.4 Å². The van der Waals surface area contributed by atoms with Crippen molar-refractivity contribution >= 4 is 18.1 Å². The zero-order valence-electron chi connectivity index (χ0n) is 6.20. The Kier molecular flexibility index (Phi) is 2.19. The van der Waals surface area contributed by atoms with Crippen molar-refractivity contribution in [2.24, 2.45) is 0 Å². The van der Waals surface area contributed by atoms with Crippen LogP contribution < -0.4 is 11.2 Å². The van der Waals surface area contributed by atoms with Crippen LogP contribution in [0.1, 0.15) is 0 Å². The normalized spacial score (nSPS) is 11.8. The van der Waals surface area contributed by atoms with Crippen LogP contribution in [0.25, 0.3) is 0 Å². The van der Waals surface area contributed by atoms with E-state index in [0.717, 1.165) is 0 Å². The predicted molar refractivity (Wildman–Crippen MR) is 39.5 cm³/mol. The maximum Gasteiger partial charge on any atom is 0.511 e. The molecule has 0 spiro atoms. The number of hydrogen-bond donors (Lipinski definition) is 1. The molecule has 1 aromatic carbocycles. The molecule has 0 aliphatic rings. The van der Waals surface area contributed by atoms with Gasteiger partial charge in [0.25, 0.3) is 0 Å². The third-order valence-electron chi connectivity index (χ3n) is 1.48. The molecule has 0 heterocycles. The van der Waals surface area contributed by atoms with E-state index >= 15 is 0 Å². The fourth-order valence-corrected chi connectivity index (χ4v) is 0.875. The van der Waals surface area contributed by atoms with Crippen LogP contribution in [-0.2, 0) is 0 Å². The van der Waals surface area contributed by atoms with Gasteiger partial charge in [0.05, 0.1) is 0 Å². The molecule has 0 amide bonds. The summed E-state index contributed by atoms with van der Waals surface area (Å²) in [6, 6.07) is 0.485. The van der Waals surface area contributed by atoms with E-state index in [0.29, 0.717) is 6.07 Å². The van der Waals surface area contributed by atoms with Crippen LogP contribution >= 0.6 is 0 Å². The average molecular weight is 196 g/mol. The van der Waals surface area contributed by atoms with Gasteiger partial charge < -0.3 is 18.7 Å². The summed E-state index contributed by atoms with van der Waals surface area (Å²) in [5, 5.41) is 0. The first kappa shape index (κ1) is 9.82. The Bertz CT molecular complexity index is 335. The van der Waals surface area contributed by atoms with Crippen molar-refractivity contribution in [1.29, 1.82) is 0 Å². The van der Waals surface area contributed by atoms with E-state index < -0.39 is 29.8 Å². The lowest BCUT2D eigenvalue weighted by atomic mass is 9.79. The zero-order valence-corrected chi connectivity index (χ0v) is 6.20. The maximum absolute atomic E-state index is 12.5. The lowest BCUT2D eigenvalue weighted by molar-refractivity contribution is 0.498. The van der Waals surface area contributed by atoms with Crippen LogP contribution in [0.3, 0.4) is 0 Å². The van der Waals surface area contributed by atoms with Gasteiger partial charge in [-0.15, -0.1) is 0 Å². The van der Waals surface area contributed by atoms with E-state index in [9.17, 15) is 21.7 Å². The summed E-state index contributed by atoms with van der Waals surface area (Å²) < 4.78 is 61.0. The molecule has 7 heteroatoms. The highest BCUT2D eigenvalue weighted by atomic mass is 19.4. The Balaban J connectivity index is 3.37. The van der Waals surface area contributed by atoms with Crippen molar-refractivity contribution in [3.63, 3.8) is 0 Å². The molecule has 0 aromatic heterocycles. The van der Waals surface area contributed by atoms with Crippen molar-refractivity contribution in [3.8, 4) is 0 Å². The first-order valence-corrected chi connectivity index (χ1v) is 3.26. The molecule has 0 atom stereocenters. The highest BCUT2D eigenvalue weighted by Crippen LogP contribution is 2.17. The van der Waals surface area contributed by atoms with Crippen molar-refractivity contribution < 1.29 is 21.7 Å². The minimum Gasteiger partial charge on any atom is -0.445 e. The van der Waals surface area contributed by atoms with Gasteiger partial charge in [-0.2, -0.15) is 0 Å². The summed E-state index contributed by atoms with van der Waals surface area (Å²) >= 11 is 0. The number of rotatable bonds is 1. The van der Waals surface area contributed by atoms with E-state index in [2.05, 4.69) is 0 Å². The van der Waals surface area contributed by atoms with Gasteiger partial charge >= 0.3 is 6.98 Å². The predicted octanol–water partition coefficient (Wildman–Crippen LogP) is 1.60. The third-order valence-corrected chi connectivity index (χ3v) is 1.48. The van der Waals surface area contributed by atoms with Gasteiger partial charge in [0.1, 0.15) is 11.6 Å². The van der Waals surface area contributed by atoms with Crippen molar-refractivity contribution in [1.82, 2.24) is 0 Å². The van der Waals surface area contributed by atoms with Gasteiger partial charge in [0, 0.05) is 11.8 Å². The fraction of sp³-hybridized carbons (Fsp3) is 0. The average Bonchev–Trinajstić information content (AvgIpc) is 1.94. The molecule has 1 aromatic rings.